The molecule has 108 valence electrons. The van der Waals surface area contributed by atoms with Gasteiger partial charge in [-0.3, -0.25) is 11.3 Å². The molecule has 4 heteroatoms. The highest BCUT2D eigenvalue weighted by Crippen LogP contribution is 2.29. The van der Waals surface area contributed by atoms with Gasteiger partial charge in [-0.15, -0.1) is 0 Å². The fourth-order valence-electron chi connectivity index (χ4n) is 2.28. The largest absolute Gasteiger partial charge is 0.271 e. The average molecular weight is 331 g/mol. The first-order valence-corrected chi connectivity index (χ1v) is 7.90. The van der Waals surface area contributed by atoms with E-state index in [1.807, 2.05) is 6.07 Å². The number of nitrogens with two attached hydrogens (primary N) is 1. The highest BCUT2D eigenvalue weighted by molar-refractivity contribution is 9.10. The maximum absolute atomic E-state index is 13.8. The number of hydrazine groups is 1. The van der Waals surface area contributed by atoms with E-state index in [1.165, 1.54) is 38.2 Å². The lowest BCUT2D eigenvalue weighted by molar-refractivity contribution is 0.456. The van der Waals surface area contributed by atoms with E-state index >= 15 is 0 Å². The van der Waals surface area contributed by atoms with Crippen molar-refractivity contribution >= 4 is 15.9 Å². The van der Waals surface area contributed by atoms with Gasteiger partial charge in [0.15, 0.2) is 0 Å². The van der Waals surface area contributed by atoms with Crippen LogP contribution in [0.2, 0.25) is 0 Å². The molecule has 0 aliphatic carbocycles. The third kappa shape index (κ3) is 5.59. The molecule has 1 atom stereocenters. The molecule has 0 radical (unpaired) electrons. The van der Waals surface area contributed by atoms with Crippen molar-refractivity contribution in [2.75, 3.05) is 0 Å². The van der Waals surface area contributed by atoms with E-state index in [4.69, 9.17) is 5.84 Å². The summed E-state index contributed by atoms with van der Waals surface area (Å²) in [4.78, 5) is 0. The Hall–Kier alpha value is -0.450. The first-order chi connectivity index (χ1) is 9.20. The number of halogens is 2. The summed E-state index contributed by atoms with van der Waals surface area (Å²) in [6.45, 7) is 2.21. The van der Waals surface area contributed by atoms with Gasteiger partial charge in [0, 0.05) is 16.1 Å². The molecule has 2 nitrogen and oxygen atoms in total. The number of nitrogens with one attached hydrogen (secondary N) is 1. The van der Waals surface area contributed by atoms with Gasteiger partial charge in [0.25, 0.3) is 0 Å². The monoisotopic (exact) mass is 330 g/mol. The molecule has 0 heterocycles. The summed E-state index contributed by atoms with van der Waals surface area (Å²) < 4.78 is 14.6. The summed E-state index contributed by atoms with van der Waals surface area (Å²) in [6.07, 6.45) is 8.22. The van der Waals surface area contributed by atoms with Crippen LogP contribution in [0.1, 0.15) is 63.5 Å². The first kappa shape index (κ1) is 16.6. The Kier molecular flexibility index (Phi) is 8.26. The van der Waals surface area contributed by atoms with Crippen LogP contribution < -0.4 is 11.3 Å². The summed E-state index contributed by atoms with van der Waals surface area (Å²) in [6, 6.07) is 4.90. The number of hydrogen-bond donors (Lipinski definition) is 2. The number of rotatable bonds is 9. The predicted octanol–water partition coefficient (Wildman–Crippen LogP) is 4.84. The molecular weight excluding hydrogens is 307 g/mol. The highest BCUT2D eigenvalue weighted by atomic mass is 79.9. The molecule has 1 aromatic carbocycles. The first-order valence-electron chi connectivity index (χ1n) is 7.10. The number of hydrogen-bond acceptors (Lipinski definition) is 2. The maximum atomic E-state index is 13.8. The van der Waals surface area contributed by atoms with E-state index < -0.39 is 0 Å². The van der Waals surface area contributed by atoms with E-state index in [1.54, 1.807) is 6.07 Å². The van der Waals surface area contributed by atoms with Crippen LogP contribution in [0.25, 0.3) is 0 Å². The van der Waals surface area contributed by atoms with E-state index in [9.17, 15) is 4.39 Å². The minimum atomic E-state index is -0.205. The van der Waals surface area contributed by atoms with Crippen LogP contribution in [0.15, 0.2) is 22.7 Å². The summed E-state index contributed by atoms with van der Waals surface area (Å²) in [5.74, 6) is 5.36. The Morgan fingerprint density at radius 1 is 1.21 bits per heavy atom. The van der Waals surface area contributed by atoms with Gasteiger partial charge in [0.2, 0.25) is 0 Å². The normalized spacial score (nSPS) is 12.6. The topological polar surface area (TPSA) is 38.0 Å². The van der Waals surface area contributed by atoms with E-state index in [2.05, 4.69) is 28.3 Å². The zero-order valence-electron chi connectivity index (χ0n) is 11.6. The smallest absolute Gasteiger partial charge is 0.129 e. The van der Waals surface area contributed by atoms with Crippen molar-refractivity contribution in [3.8, 4) is 0 Å². The van der Waals surface area contributed by atoms with Crippen LogP contribution in [0.4, 0.5) is 4.39 Å². The summed E-state index contributed by atoms with van der Waals surface area (Å²) >= 11 is 3.40. The van der Waals surface area contributed by atoms with Gasteiger partial charge in [0.1, 0.15) is 5.82 Å². The Morgan fingerprint density at radius 3 is 2.53 bits per heavy atom. The minimum Gasteiger partial charge on any atom is -0.271 e. The molecule has 1 aromatic rings. The van der Waals surface area contributed by atoms with Crippen molar-refractivity contribution < 1.29 is 4.39 Å². The van der Waals surface area contributed by atoms with Gasteiger partial charge >= 0.3 is 0 Å². The van der Waals surface area contributed by atoms with Gasteiger partial charge in [0.05, 0.1) is 0 Å². The summed E-state index contributed by atoms with van der Waals surface area (Å²) in [5, 5.41) is 0. The van der Waals surface area contributed by atoms with E-state index in [0.717, 1.165) is 17.3 Å². The van der Waals surface area contributed by atoms with E-state index in [0.29, 0.717) is 5.56 Å². The zero-order chi connectivity index (χ0) is 14.1. The predicted molar refractivity (Wildman–Crippen MR) is 82.2 cm³/mol. The van der Waals surface area contributed by atoms with E-state index in [-0.39, 0.29) is 11.9 Å². The molecule has 0 spiro atoms. The van der Waals surface area contributed by atoms with Crippen molar-refractivity contribution in [3.63, 3.8) is 0 Å². The van der Waals surface area contributed by atoms with Crippen molar-refractivity contribution in [2.24, 2.45) is 5.84 Å². The molecule has 0 aliphatic rings. The van der Waals surface area contributed by atoms with Crippen molar-refractivity contribution in [1.82, 2.24) is 5.43 Å². The van der Waals surface area contributed by atoms with Gasteiger partial charge in [-0.2, -0.15) is 0 Å². The molecule has 0 saturated heterocycles. The quantitative estimate of drug-likeness (QED) is 0.386. The molecule has 19 heavy (non-hydrogen) atoms. The molecule has 0 bridgehead atoms. The Balaban J connectivity index is 2.45. The molecule has 1 rings (SSSR count). The molecular formula is C15H24BrFN2. The van der Waals surface area contributed by atoms with Crippen molar-refractivity contribution in [1.29, 1.82) is 0 Å². The molecule has 0 aliphatic heterocycles. The van der Waals surface area contributed by atoms with Crippen LogP contribution in [-0.2, 0) is 0 Å². The summed E-state index contributed by atoms with van der Waals surface area (Å²) in [5.41, 5.74) is 3.37. The Bertz CT molecular complexity index is 351. The zero-order valence-corrected chi connectivity index (χ0v) is 13.2. The second-order valence-corrected chi connectivity index (χ2v) is 5.77. The van der Waals surface area contributed by atoms with Crippen LogP contribution >= 0.6 is 15.9 Å². The van der Waals surface area contributed by atoms with Crippen LogP contribution in [0.3, 0.4) is 0 Å². The molecule has 3 N–H and O–H groups in total. The molecule has 0 aromatic heterocycles. The van der Waals surface area contributed by atoms with Gasteiger partial charge in [-0.05, 0) is 18.6 Å². The number of benzene rings is 1. The SMILES string of the molecule is CCCCCCCCC(NN)c1c(F)cccc1Br. The Morgan fingerprint density at radius 2 is 1.89 bits per heavy atom. The number of unbranched alkanes of at least 4 members (excludes halogenated alkanes) is 5. The van der Waals surface area contributed by atoms with Gasteiger partial charge in [-0.1, -0.05) is 67.4 Å². The minimum absolute atomic E-state index is 0.123. The summed E-state index contributed by atoms with van der Waals surface area (Å²) in [7, 11) is 0. The van der Waals surface area contributed by atoms with Crippen molar-refractivity contribution in [2.45, 2.75) is 57.9 Å². The lowest BCUT2D eigenvalue weighted by atomic mass is 9.99. The second kappa shape index (κ2) is 9.45. The van der Waals surface area contributed by atoms with Crippen LogP contribution in [0, 0.1) is 5.82 Å². The maximum Gasteiger partial charge on any atom is 0.129 e. The Labute approximate surface area is 124 Å². The highest BCUT2D eigenvalue weighted by Gasteiger charge is 2.16. The molecule has 0 amide bonds. The fourth-order valence-corrected chi connectivity index (χ4v) is 2.90. The van der Waals surface area contributed by atoms with Gasteiger partial charge < -0.3 is 0 Å². The molecule has 1 unspecified atom stereocenters. The fraction of sp³-hybridized carbons (Fsp3) is 0.600. The van der Waals surface area contributed by atoms with Gasteiger partial charge in [-0.25, -0.2) is 4.39 Å². The lowest BCUT2D eigenvalue weighted by Crippen LogP contribution is -2.29. The van der Waals surface area contributed by atoms with Crippen molar-refractivity contribution in [3.05, 3.63) is 34.1 Å². The lowest BCUT2D eigenvalue weighted by Gasteiger charge is -2.18. The third-order valence-electron chi connectivity index (χ3n) is 3.40. The van der Waals surface area contributed by atoms with Crippen LogP contribution in [0.5, 0.6) is 0 Å². The second-order valence-electron chi connectivity index (χ2n) is 4.91. The standard InChI is InChI=1S/C15H24BrFN2/c1-2-3-4-5-6-7-11-14(19-18)15-12(16)9-8-10-13(15)17/h8-10,14,19H,2-7,11,18H2,1H3. The van der Waals surface area contributed by atoms with Crippen LogP contribution in [-0.4, -0.2) is 0 Å². The molecule has 0 saturated carbocycles. The third-order valence-corrected chi connectivity index (χ3v) is 4.09. The average Bonchev–Trinajstić information content (AvgIpc) is 2.40. The molecule has 0 fully saturated rings.